The Bertz CT molecular complexity index is 887. The van der Waals surface area contributed by atoms with Crippen molar-refractivity contribution in [1.82, 2.24) is 10.3 Å². The van der Waals surface area contributed by atoms with Gasteiger partial charge in [-0.05, 0) is 50.5 Å². The first-order chi connectivity index (χ1) is 12.4. The molecule has 0 spiro atoms. The minimum Gasteiger partial charge on any atom is -0.361 e. The van der Waals surface area contributed by atoms with Crippen LogP contribution in [0.15, 0.2) is 48.8 Å². The van der Waals surface area contributed by atoms with Gasteiger partial charge in [-0.2, -0.15) is 0 Å². The first kappa shape index (κ1) is 17.8. The molecule has 1 aliphatic carbocycles. The maximum atomic E-state index is 14.0. The largest absolute Gasteiger partial charge is 0.361 e. The number of pyridine rings is 1. The lowest BCUT2D eigenvalue weighted by Crippen LogP contribution is -2.38. The number of rotatable bonds is 5. The van der Waals surface area contributed by atoms with Crippen molar-refractivity contribution in [3.8, 4) is 0 Å². The molecule has 1 aromatic heterocycles. The van der Waals surface area contributed by atoms with Gasteiger partial charge >= 0.3 is 0 Å². The molecule has 1 fully saturated rings. The third-order valence-corrected chi connectivity index (χ3v) is 4.77. The summed E-state index contributed by atoms with van der Waals surface area (Å²) < 4.78 is 14.0. The van der Waals surface area contributed by atoms with Gasteiger partial charge in [0.15, 0.2) is 0 Å². The number of carbonyl (C=O) groups is 1. The smallest absolute Gasteiger partial charge is 0.236 e. The zero-order valence-corrected chi connectivity index (χ0v) is 14.8. The van der Waals surface area contributed by atoms with Gasteiger partial charge in [-0.25, -0.2) is 4.39 Å². The van der Waals surface area contributed by atoms with E-state index in [-0.39, 0.29) is 17.6 Å². The number of nitrogens with one attached hydrogen (secondary N) is 3. The zero-order valence-electron chi connectivity index (χ0n) is 14.8. The van der Waals surface area contributed by atoms with Crippen molar-refractivity contribution in [3.05, 3.63) is 71.4 Å². The Balaban J connectivity index is 1.62. The molecule has 134 valence electrons. The molecule has 26 heavy (non-hydrogen) atoms. The average molecular weight is 352 g/mol. The van der Waals surface area contributed by atoms with Gasteiger partial charge in [-0.15, -0.1) is 0 Å². The molecule has 1 aliphatic rings. The Kier molecular flexibility index (Phi) is 4.84. The van der Waals surface area contributed by atoms with Gasteiger partial charge in [-0.1, -0.05) is 18.2 Å². The lowest BCUT2D eigenvalue weighted by atomic mass is 9.94. The molecule has 1 aromatic carbocycles. The predicted octanol–water partition coefficient (Wildman–Crippen LogP) is 3.59. The van der Waals surface area contributed by atoms with Gasteiger partial charge in [0.05, 0.1) is 5.41 Å². The molecule has 0 radical (unpaired) electrons. The summed E-state index contributed by atoms with van der Waals surface area (Å²) in [6.07, 6.45) is 5.93. The van der Waals surface area contributed by atoms with Crippen LogP contribution in [0.2, 0.25) is 0 Å². The maximum absolute atomic E-state index is 14.0. The molecular weight excluding hydrogens is 331 g/mol. The summed E-state index contributed by atoms with van der Waals surface area (Å²) in [5.41, 5.74) is 2.38. The Morgan fingerprint density at radius 1 is 1.27 bits per heavy atom. The van der Waals surface area contributed by atoms with Crippen LogP contribution in [-0.4, -0.2) is 16.7 Å². The standard InChI is InChI=1S/C20H21FN4O/c1-13-14(2)23-11-7-17(13)24-12-8-18(22)25-19(26)20(9-10-20)15-5-3-4-6-16(15)21/h3-8,11-12H,9-10H2,1-2H3,(H,23,24)(H2,22,25,26)/b12-8-. The van der Waals surface area contributed by atoms with Crippen molar-refractivity contribution in [3.63, 3.8) is 0 Å². The quantitative estimate of drug-likeness (QED) is 0.568. The van der Waals surface area contributed by atoms with E-state index in [1.54, 1.807) is 30.6 Å². The van der Waals surface area contributed by atoms with Crippen molar-refractivity contribution < 1.29 is 9.18 Å². The monoisotopic (exact) mass is 352 g/mol. The molecule has 1 amide bonds. The number of aryl methyl sites for hydroxylation is 1. The molecule has 6 heteroatoms. The Hall–Kier alpha value is -3.02. The number of amidine groups is 1. The fourth-order valence-corrected chi connectivity index (χ4v) is 2.89. The van der Waals surface area contributed by atoms with Crippen LogP contribution in [0.1, 0.15) is 29.7 Å². The first-order valence-corrected chi connectivity index (χ1v) is 8.44. The third kappa shape index (κ3) is 3.49. The summed E-state index contributed by atoms with van der Waals surface area (Å²) in [5.74, 6) is -0.769. The molecule has 1 saturated carbocycles. The minimum atomic E-state index is -0.849. The number of aromatic nitrogens is 1. The molecule has 1 heterocycles. The fraction of sp³-hybridized carbons (Fsp3) is 0.250. The number of benzene rings is 1. The number of amides is 1. The van der Waals surface area contributed by atoms with E-state index in [2.05, 4.69) is 15.6 Å². The van der Waals surface area contributed by atoms with Crippen molar-refractivity contribution in [2.24, 2.45) is 0 Å². The highest BCUT2D eigenvalue weighted by Gasteiger charge is 2.52. The SMILES string of the molecule is Cc1nccc(N/C=C\C(=N)NC(=O)C2(c3ccccc3F)CC2)c1C. The summed E-state index contributed by atoms with van der Waals surface area (Å²) in [5, 5.41) is 13.6. The summed E-state index contributed by atoms with van der Waals surface area (Å²) >= 11 is 0. The fourth-order valence-electron chi connectivity index (χ4n) is 2.89. The second kappa shape index (κ2) is 7.07. The van der Waals surface area contributed by atoms with E-state index < -0.39 is 5.41 Å². The second-order valence-corrected chi connectivity index (χ2v) is 6.48. The molecule has 0 bridgehead atoms. The number of anilines is 1. The molecule has 5 nitrogen and oxygen atoms in total. The highest BCUT2D eigenvalue weighted by atomic mass is 19.1. The van der Waals surface area contributed by atoms with Crippen LogP contribution in [0.5, 0.6) is 0 Å². The van der Waals surface area contributed by atoms with E-state index >= 15 is 0 Å². The minimum absolute atomic E-state index is 0.0476. The lowest BCUT2D eigenvalue weighted by Gasteiger charge is -2.16. The highest BCUT2D eigenvalue weighted by Crippen LogP contribution is 2.49. The summed E-state index contributed by atoms with van der Waals surface area (Å²) in [6.45, 7) is 3.88. The van der Waals surface area contributed by atoms with E-state index in [0.717, 1.165) is 16.9 Å². The van der Waals surface area contributed by atoms with Crippen molar-refractivity contribution in [2.75, 3.05) is 5.32 Å². The number of hydrogen-bond acceptors (Lipinski definition) is 4. The number of halogens is 1. The molecule has 3 N–H and O–H groups in total. The Morgan fingerprint density at radius 2 is 2.00 bits per heavy atom. The van der Waals surface area contributed by atoms with Crippen LogP contribution in [0.3, 0.4) is 0 Å². The average Bonchev–Trinajstić information content (AvgIpc) is 3.41. The van der Waals surface area contributed by atoms with Crippen LogP contribution in [0.4, 0.5) is 10.1 Å². The number of carbonyl (C=O) groups excluding carboxylic acids is 1. The molecule has 2 aromatic rings. The van der Waals surface area contributed by atoms with Crippen molar-refractivity contribution in [2.45, 2.75) is 32.1 Å². The third-order valence-electron chi connectivity index (χ3n) is 4.77. The molecule has 3 rings (SSSR count). The van der Waals surface area contributed by atoms with Crippen LogP contribution >= 0.6 is 0 Å². The van der Waals surface area contributed by atoms with Crippen LogP contribution in [-0.2, 0) is 10.2 Å². The Morgan fingerprint density at radius 3 is 2.69 bits per heavy atom. The maximum Gasteiger partial charge on any atom is 0.236 e. The highest BCUT2D eigenvalue weighted by molar-refractivity contribution is 6.07. The number of nitrogens with zero attached hydrogens (tertiary/aromatic N) is 1. The topological polar surface area (TPSA) is 77.9 Å². The molecule has 0 unspecified atom stereocenters. The first-order valence-electron chi connectivity index (χ1n) is 8.44. The van der Waals surface area contributed by atoms with E-state index in [9.17, 15) is 9.18 Å². The van der Waals surface area contributed by atoms with E-state index in [1.165, 1.54) is 12.1 Å². The van der Waals surface area contributed by atoms with Gasteiger partial charge < -0.3 is 10.6 Å². The van der Waals surface area contributed by atoms with Crippen LogP contribution in [0.25, 0.3) is 0 Å². The number of hydrogen-bond donors (Lipinski definition) is 3. The second-order valence-electron chi connectivity index (χ2n) is 6.48. The van der Waals surface area contributed by atoms with Crippen LogP contribution < -0.4 is 10.6 Å². The van der Waals surface area contributed by atoms with Gasteiger partial charge in [0.1, 0.15) is 11.7 Å². The predicted molar refractivity (Wildman–Crippen MR) is 99.7 cm³/mol. The van der Waals surface area contributed by atoms with E-state index in [0.29, 0.717) is 18.4 Å². The zero-order chi connectivity index (χ0) is 18.7. The van der Waals surface area contributed by atoms with Crippen LogP contribution in [0, 0.1) is 25.1 Å². The summed E-state index contributed by atoms with van der Waals surface area (Å²) in [6, 6.07) is 8.16. The molecule has 0 aliphatic heterocycles. The Labute approximate surface area is 151 Å². The van der Waals surface area contributed by atoms with E-state index in [1.807, 2.05) is 19.9 Å². The van der Waals surface area contributed by atoms with E-state index in [4.69, 9.17) is 5.41 Å². The normalized spacial score (nSPS) is 14.9. The van der Waals surface area contributed by atoms with Crippen molar-refractivity contribution in [1.29, 1.82) is 5.41 Å². The summed E-state index contributed by atoms with van der Waals surface area (Å²) in [4.78, 5) is 16.7. The molecule has 0 atom stereocenters. The van der Waals surface area contributed by atoms with Gasteiger partial charge in [0.2, 0.25) is 5.91 Å². The van der Waals surface area contributed by atoms with Gasteiger partial charge in [0, 0.05) is 29.3 Å². The molecular formula is C20H21FN4O. The van der Waals surface area contributed by atoms with Gasteiger partial charge in [-0.3, -0.25) is 15.2 Å². The molecule has 0 saturated heterocycles. The summed E-state index contributed by atoms with van der Waals surface area (Å²) in [7, 11) is 0. The lowest BCUT2D eigenvalue weighted by molar-refractivity contribution is -0.122. The van der Waals surface area contributed by atoms with Gasteiger partial charge in [0.25, 0.3) is 0 Å². The van der Waals surface area contributed by atoms with Crippen molar-refractivity contribution >= 4 is 17.4 Å².